The summed E-state index contributed by atoms with van der Waals surface area (Å²) >= 11 is 0. The van der Waals surface area contributed by atoms with E-state index in [1.807, 2.05) is 103 Å². The van der Waals surface area contributed by atoms with Crippen LogP contribution in [0.1, 0.15) is 50.3 Å². The van der Waals surface area contributed by atoms with E-state index in [1.165, 1.54) is 20.8 Å². The molecule has 0 radical (unpaired) electrons. The van der Waals surface area contributed by atoms with Gasteiger partial charge >= 0.3 is 5.97 Å². The second-order valence-electron chi connectivity index (χ2n) is 13.1. The lowest BCUT2D eigenvalue weighted by Gasteiger charge is -2.24. The number of carboxylic acid groups (broad SMARTS) is 1. The highest BCUT2D eigenvalue weighted by molar-refractivity contribution is 6.38. The normalized spacial score (nSPS) is 13.1. The summed E-state index contributed by atoms with van der Waals surface area (Å²) in [6.45, 7) is 4.21. The molecule has 49 heavy (non-hydrogen) atoms. The Morgan fingerprint density at radius 1 is 0.694 bits per heavy atom. The maximum absolute atomic E-state index is 13.5. The lowest BCUT2D eigenvalue weighted by atomic mass is 9.84. The van der Waals surface area contributed by atoms with Gasteiger partial charge in [-0.25, -0.2) is 0 Å². The van der Waals surface area contributed by atoms with Gasteiger partial charge in [0.2, 0.25) is 11.7 Å². The fourth-order valence-corrected chi connectivity index (χ4v) is 5.63. The van der Waals surface area contributed by atoms with Crippen LogP contribution in [-0.4, -0.2) is 52.3 Å². The van der Waals surface area contributed by atoms with Crippen LogP contribution in [0.2, 0.25) is 0 Å². The Labute approximate surface area is 286 Å². The molecule has 9 heteroatoms. The molecule has 0 spiro atoms. The van der Waals surface area contributed by atoms with E-state index in [1.54, 1.807) is 0 Å². The summed E-state index contributed by atoms with van der Waals surface area (Å²) < 4.78 is 0. The Morgan fingerprint density at radius 2 is 1.29 bits per heavy atom. The largest absolute Gasteiger partial charge is 0.481 e. The smallest absolute Gasteiger partial charge is 0.309 e. The molecule has 0 aliphatic carbocycles. The number of benzene rings is 4. The minimum absolute atomic E-state index is 0.0296. The van der Waals surface area contributed by atoms with Crippen LogP contribution in [0.5, 0.6) is 0 Å². The molecule has 9 nitrogen and oxygen atoms in total. The molecule has 4 aromatic carbocycles. The van der Waals surface area contributed by atoms with Crippen LogP contribution in [-0.2, 0) is 48.0 Å². The molecule has 0 saturated carbocycles. The van der Waals surface area contributed by atoms with Crippen LogP contribution >= 0.6 is 0 Å². The zero-order valence-corrected chi connectivity index (χ0v) is 28.0. The van der Waals surface area contributed by atoms with Gasteiger partial charge in [0.1, 0.15) is 5.78 Å². The van der Waals surface area contributed by atoms with Gasteiger partial charge < -0.3 is 15.7 Å². The summed E-state index contributed by atoms with van der Waals surface area (Å²) in [6, 6.07) is 29.2. The average molecular weight is 663 g/mol. The summed E-state index contributed by atoms with van der Waals surface area (Å²) in [5, 5.41) is 16.7. The van der Waals surface area contributed by atoms with Crippen LogP contribution in [0.4, 0.5) is 0 Å². The molecule has 254 valence electrons. The van der Waals surface area contributed by atoms with E-state index in [-0.39, 0.29) is 37.9 Å². The molecular formula is C40H42N2O7. The van der Waals surface area contributed by atoms with Gasteiger partial charge in [-0.15, -0.1) is 0 Å². The van der Waals surface area contributed by atoms with Gasteiger partial charge in [-0.05, 0) is 61.1 Å². The Kier molecular flexibility index (Phi) is 12.3. The van der Waals surface area contributed by atoms with Crippen molar-refractivity contribution in [2.45, 2.75) is 65.0 Å². The lowest BCUT2D eigenvalue weighted by molar-refractivity contribution is -0.149. The Morgan fingerprint density at radius 3 is 1.92 bits per heavy atom. The van der Waals surface area contributed by atoms with Crippen LogP contribution in [0.15, 0.2) is 103 Å². The van der Waals surface area contributed by atoms with Crippen LogP contribution in [0.3, 0.4) is 0 Å². The third-order valence-corrected chi connectivity index (χ3v) is 8.53. The van der Waals surface area contributed by atoms with Crippen molar-refractivity contribution in [3.63, 3.8) is 0 Å². The number of carboxylic acids is 1. The number of hydrogen-bond acceptors (Lipinski definition) is 6. The van der Waals surface area contributed by atoms with Gasteiger partial charge in [-0.3, -0.25) is 28.8 Å². The van der Waals surface area contributed by atoms with E-state index in [2.05, 4.69) is 10.6 Å². The minimum Gasteiger partial charge on any atom is -0.481 e. The zero-order valence-electron chi connectivity index (χ0n) is 28.0. The third kappa shape index (κ3) is 10.5. The SMILES string of the molecule is CC(NC(=O)C(CC(=O)Cc1ccccc1)Cc1ccccc1)C(=O)C(=O)NC(Cc1ccc2ccccc2c1)C(=O)CC(C)(C)C(=O)O. The van der Waals surface area contributed by atoms with E-state index in [0.29, 0.717) is 5.56 Å². The standard InChI is InChI=1S/C40H42N2O7/c1-26(41-37(46)32(20-27-12-6-4-7-13-27)24-33(43)22-28-14-8-5-9-15-28)36(45)38(47)42-34(35(44)25-40(2,3)39(48)49)23-29-18-19-30-16-10-11-17-31(30)21-29/h4-19,21,26,32,34H,20,22-25H2,1-3H3,(H,41,46)(H,42,47)(H,48,49). The van der Waals surface area contributed by atoms with Crippen molar-refractivity contribution >= 4 is 45.9 Å². The topological polar surface area (TPSA) is 147 Å². The number of hydrogen-bond donors (Lipinski definition) is 3. The minimum atomic E-state index is -1.40. The Bertz CT molecular complexity index is 1820. The molecule has 3 unspecified atom stereocenters. The lowest BCUT2D eigenvalue weighted by Crippen LogP contribution is -2.52. The summed E-state index contributed by atoms with van der Waals surface area (Å²) in [6.07, 6.45) is -0.00460. The predicted octanol–water partition coefficient (Wildman–Crippen LogP) is 5.07. The number of ketones is 3. The van der Waals surface area contributed by atoms with Gasteiger partial charge in [0.05, 0.1) is 17.5 Å². The Hall–Kier alpha value is -5.44. The summed E-state index contributed by atoms with van der Waals surface area (Å²) in [7, 11) is 0. The first-order valence-electron chi connectivity index (χ1n) is 16.3. The fourth-order valence-electron chi connectivity index (χ4n) is 5.63. The van der Waals surface area contributed by atoms with E-state index >= 15 is 0 Å². The second kappa shape index (κ2) is 16.6. The van der Waals surface area contributed by atoms with Crippen molar-refractivity contribution < 1.29 is 33.9 Å². The quantitative estimate of drug-likeness (QED) is 0.134. The first kappa shape index (κ1) is 36.4. The van der Waals surface area contributed by atoms with E-state index < -0.39 is 52.8 Å². The number of Topliss-reactive ketones (excluding diaryl/α,β-unsaturated/α-hetero) is 3. The number of fused-ring (bicyclic) bond motifs is 1. The van der Waals surface area contributed by atoms with Gasteiger partial charge in [0.25, 0.3) is 5.91 Å². The van der Waals surface area contributed by atoms with Gasteiger partial charge in [-0.1, -0.05) is 103 Å². The number of aliphatic carboxylic acids is 1. The molecule has 0 aliphatic heterocycles. The van der Waals surface area contributed by atoms with Crippen LogP contribution < -0.4 is 10.6 Å². The summed E-state index contributed by atoms with van der Waals surface area (Å²) in [5.74, 6) is -5.26. The van der Waals surface area contributed by atoms with Gasteiger partial charge in [-0.2, -0.15) is 0 Å². The van der Waals surface area contributed by atoms with Crippen molar-refractivity contribution in [1.82, 2.24) is 10.6 Å². The highest BCUT2D eigenvalue weighted by Gasteiger charge is 2.35. The van der Waals surface area contributed by atoms with Crippen molar-refractivity contribution in [2.24, 2.45) is 11.3 Å². The number of carbonyl (C=O) groups excluding carboxylic acids is 5. The number of rotatable bonds is 17. The van der Waals surface area contributed by atoms with Crippen LogP contribution in [0.25, 0.3) is 10.8 Å². The van der Waals surface area contributed by atoms with E-state index in [9.17, 15) is 33.9 Å². The Balaban J connectivity index is 1.47. The summed E-state index contributed by atoms with van der Waals surface area (Å²) in [4.78, 5) is 78.3. The maximum atomic E-state index is 13.5. The first-order chi connectivity index (χ1) is 23.3. The third-order valence-electron chi connectivity index (χ3n) is 8.53. The number of amides is 2. The zero-order chi connectivity index (χ0) is 35.6. The molecule has 0 aliphatic rings. The molecule has 4 rings (SSSR count). The molecule has 0 saturated heterocycles. The average Bonchev–Trinajstić information content (AvgIpc) is 3.07. The monoisotopic (exact) mass is 662 g/mol. The molecule has 0 aromatic heterocycles. The highest BCUT2D eigenvalue weighted by Crippen LogP contribution is 2.24. The van der Waals surface area contributed by atoms with Crippen molar-refractivity contribution in [3.05, 3.63) is 120 Å². The highest BCUT2D eigenvalue weighted by atomic mass is 16.4. The number of nitrogens with one attached hydrogen (secondary N) is 2. The molecule has 0 fully saturated rings. The molecule has 3 atom stereocenters. The molecule has 3 N–H and O–H groups in total. The van der Waals surface area contributed by atoms with Crippen molar-refractivity contribution in [2.75, 3.05) is 0 Å². The van der Waals surface area contributed by atoms with Crippen LogP contribution in [0, 0.1) is 11.3 Å². The molecule has 4 aromatic rings. The number of carbonyl (C=O) groups is 6. The molecule has 2 amide bonds. The first-order valence-corrected chi connectivity index (χ1v) is 16.3. The second-order valence-corrected chi connectivity index (χ2v) is 13.1. The predicted molar refractivity (Wildman–Crippen MR) is 187 cm³/mol. The molecule has 0 heterocycles. The molecular weight excluding hydrogens is 620 g/mol. The fraction of sp³-hybridized carbons (Fsp3) is 0.300. The van der Waals surface area contributed by atoms with Crippen molar-refractivity contribution in [1.29, 1.82) is 0 Å². The van der Waals surface area contributed by atoms with E-state index in [4.69, 9.17) is 0 Å². The molecule has 0 bridgehead atoms. The maximum Gasteiger partial charge on any atom is 0.309 e. The summed E-state index contributed by atoms with van der Waals surface area (Å²) in [5.41, 5.74) is 0.973. The van der Waals surface area contributed by atoms with Gasteiger partial charge in [0.15, 0.2) is 5.78 Å². The van der Waals surface area contributed by atoms with E-state index in [0.717, 1.165) is 21.9 Å². The van der Waals surface area contributed by atoms with Crippen molar-refractivity contribution in [3.8, 4) is 0 Å². The van der Waals surface area contributed by atoms with Gasteiger partial charge in [0, 0.05) is 25.2 Å².